The summed E-state index contributed by atoms with van der Waals surface area (Å²) in [5.41, 5.74) is 1.74. The first-order valence-corrected chi connectivity index (χ1v) is 7.52. The molecule has 0 saturated carbocycles. The molecule has 2 aromatic rings. The molecule has 0 heterocycles. The Labute approximate surface area is 147 Å². The zero-order chi connectivity index (χ0) is 15.9. The third-order valence-electron chi connectivity index (χ3n) is 3.47. The highest BCUT2D eigenvalue weighted by Crippen LogP contribution is 2.17. The van der Waals surface area contributed by atoms with Crippen molar-refractivity contribution in [1.29, 1.82) is 0 Å². The van der Waals surface area contributed by atoms with Crippen LogP contribution in [0.15, 0.2) is 48.5 Å². The maximum Gasteiger partial charge on any atom is 0.115 e. The number of phenolic OH excluding ortho intramolecular Hbond substituents is 1. The van der Waals surface area contributed by atoms with E-state index in [1.165, 1.54) is 0 Å². The molecule has 23 heavy (non-hydrogen) atoms. The Morgan fingerprint density at radius 2 is 1.78 bits per heavy atom. The average molecular weight is 358 g/mol. The molecule has 0 spiro atoms. The van der Waals surface area contributed by atoms with Gasteiger partial charge in [-0.15, -0.1) is 12.4 Å². The topological polar surface area (TPSA) is 72.7 Å². The van der Waals surface area contributed by atoms with Crippen LogP contribution in [0.3, 0.4) is 0 Å². The van der Waals surface area contributed by atoms with Crippen LogP contribution in [0.5, 0.6) is 5.75 Å². The van der Waals surface area contributed by atoms with Gasteiger partial charge in [0.2, 0.25) is 0 Å². The van der Waals surface area contributed by atoms with Crippen LogP contribution in [0.4, 0.5) is 0 Å². The van der Waals surface area contributed by atoms with Crippen molar-refractivity contribution >= 4 is 24.0 Å². The zero-order valence-corrected chi connectivity index (χ0v) is 14.1. The fourth-order valence-corrected chi connectivity index (χ4v) is 2.43. The van der Waals surface area contributed by atoms with Gasteiger partial charge in [0.05, 0.1) is 12.7 Å². The molecule has 0 aliphatic heterocycles. The molecule has 126 valence electrons. The molecule has 0 fully saturated rings. The van der Waals surface area contributed by atoms with Gasteiger partial charge in [0.25, 0.3) is 0 Å². The number of nitrogens with one attached hydrogen (secondary N) is 1. The summed E-state index contributed by atoms with van der Waals surface area (Å²) in [6.07, 6.45) is -0.0773. The van der Waals surface area contributed by atoms with E-state index in [0.717, 1.165) is 11.1 Å². The SMILES string of the molecule is Cl.OC[C@H](Cc1ccc(O)cc1)NC[C@@H](O)c1cccc(Cl)c1. The van der Waals surface area contributed by atoms with Gasteiger partial charge in [-0.25, -0.2) is 0 Å². The van der Waals surface area contributed by atoms with E-state index < -0.39 is 6.10 Å². The molecule has 2 aromatic carbocycles. The molecule has 0 aliphatic carbocycles. The van der Waals surface area contributed by atoms with Crippen LogP contribution < -0.4 is 5.32 Å². The number of benzene rings is 2. The minimum Gasteiger partial charge on any atom is -0.508 e. The first-order chi connectivity index (χ1) is 10.6. The molecule has 4 N–H and O–H groups in total. The lowest BCUT2D eigenvalue weighted by Gasteiger charge is -2.19. The van der Waals surface area contributed by atoms with Gasteiger partial charge < -0.3 is 20.6 Å². The molecule has 0 saturated heterocycles. The Morgan fingerprint density at radius 3 is 2.39 bits per heavy atom. The zero-order valence-electron chi connectivity index (χ0n) is 12.5. The molecule has 0 amide bonds. The van der Waals surface area contributed by atoms with E-state index in [1.54, 1.807) is 30.3 Å². The van der Waals surface area contributed by atoms with Crippen LogP contribution in [0, 0.1) is 0 Å². The van der Waals surface area contributed by atoms with Crippen LogP contribution in [0.1, 0.15) is 17.2 Å². The fraction of sp³-hybridized carbons (Fsp3) is 0.294. The number of halogens is 2. The Bertz CT molecular complexity index is 593. The normalized spacial score (nSPS) is 13.2. The largest absolute Gasteiger partial charge is 0.508 e. The van der Waals surface area contributed by atoms with Crippen molar-refractivity contribution in [2.24, 2.45) is 0 Å². The first-order valence-electron chi connectivity index (χ1n) is 7.14. The molecule has 0 aliphatic rings. The molecule has 0 aromatic heterocycles. The van der Waals surface area contributed by atoms with E-state index in [1.807, 2.05) is 18.2 Å². The second kappa shape index (κ2) is 9.75. The average Bonchev–Trinajstić information content (AvgIpc) is 2.53. The molecule has 0 bridgehead atoms. The van der Waals surface area contributed by atoms with Crippen LogP contribution in [0.25, 0.3) is 0 Å². The lowest BCUT2D eigenvalue weighted by atomic mass is 10.1. The highest BCUT2D eigenvalue weighted by Gasteiger charge is 2.12. The predicted octanol–water partition coefficient (Wildman–Crippen LogP) is 2.69. The summed E-state index contributed by atoms with van der Waals surface area (Å²) in [5.74, 6) is 0.216. The number of aliphatic hydroxyl groups excluding tert-OH is 2. The third kappa shape index (κ3) is 6.37. The number of phenols is 1. The Balaban J connectivity index is 0.00000264. The quantitative estimate of drug-likeness (QED) is 0.614. The standard InChI is InChI=1S/C17H20ClNO3.ClH/c18-14-3-1-2-13(9-14)17(22)10-19-15(11-20)8-12-4-6-16(21)7-5-12;/h1-7,9,15,17,19-22H,8,10-11H2;1H/t15-,17+;/m0./s1. The molecule has 0 radical (unpaired) electrons. The summed E-state index contributed by atoms with van der Waals surface area (Å²) in [7, 11) is 0. The number of rotatable bonds is 7. The molecular weight excluding hydrogens is 337 g/mol. The first kappa shape index (κ1) is 19.7. The highest BCUT2D eigenvalue weighted by atomic mass is 35.5. The van der Waals surface area contributed by atoms with Crippen molar-refractivity contribution in [2.45, 2.75) is 18.6 Å². The van der Waals surface area contributed by atoms with Crippen molar-refractivity contribution in [3.63, 3.8) is 0 Å². The summed E-state index contributed by atoms with van der Waals surface area (Å²) in [4.78, 5) is 0. The van der Waals surface area contributed by atoms with Crippen LogP contribution >= 0.6 is 24.0 Å². The minimum absolute atomic E-state index is 0. The van der Waals surface area contributed by atoms with Gasteiger partial charge in [0.1, 0.15) is 5.75 Å². The van der Waals surface area contributed by atoms with Crippen LogP contribution in [0.2, 0.25) is 5.02 Å². The summed E-state index contributed by atoms with van der Waals surface area (Å²) >= 11 is 5.91. The van der Waals surface area contributed by atoms with Gasteiger partial charge in [0.15, 0.2) is 0 Å². The maximum atomic E-state index is 10.2. The van der Waals surface area contributed by atoms with Gasteiger partial charge in [-0.2, -0.15) is 0 Å². The van der Waals surface area contributed by atoms with Gasteiger partial charge >= 0.3 is 0 Å². The van der Waals surface area contributed by atoms with E-state index in [-0.39, 0.29) is 30.8 Å². The molecule has 4 nitrogen and oxygen atoms in total. The summed E-state index contributed by atoms with van der Waals surface area (Å²) in [5, 5.41) is 32.6. The molecule has 6 heteroatoms. The monoisotopic (exact) mass is 357 g/mol. The molecule has 2 rings (SSSR count). The minimum atomic E-state index is -0.687. The van der Waals surface area contributed by atoms with Gasteiger partial charge in [-0.05, 0) is 41.8 Å². The molecular formula is C17H21Cl2NO3. The number of aromatic hydroxyl groups is 1. The number of hydrogen-bond acceptors (Lipinski definition) is 4. The summed E-state index contributed by atoms with van der Waals surface area (Å²) in [6, 6.07) is 13.8. The van der Waals surface area contributed by atoms with E-state index in [0.29, 0.717) is 18.0 Å². The Morgan fingerprint density at radius 1 is 1.09 bits per heavy atom. The van der Waals surface area contributed by atoms with Crippen molar-refractivity contribution < 1.29 is 15.3 Å². The fourth-order valence-electron chi connectivity index (χ4n) is 2.23. The van der Waals surface area contributed by atoms with Gasteiger partial charge in [-0.3, -0.25) is 0 Å². The number of hydrogen-bond donors (Lipinski definition) is 4. The van der Waals surface area contributed by atoms with Gasteiger partial charge in [-0.1, -0.05) is 35.9 Å². The Hall–Kier alpha value is -1.30. The van der Waals surface area contributed by atoms with Crippen LogP contribution in [-0.4, -0.2) is 34.5 Å². The van der Waals surface area contributed by atoms with E-state index in [2.05, 4.69) is 5.32 Å². The lowest BCUT2D eigenvalue weighted by Crippen LogP contribution is -2.37. The van der Waals surface area contributed by atoms with E-state index >= 15 is 0 Å². The summed E-state index contributed by atoms with van der Waals surface area (Å²) < 4.78 is 0. The second-order valence-corrected chi connectivity index (χ2v) is 5.67. The molecule has 0 unspecified atom stereocenters. The highest BCUT2D eigenvalue weighted by molar-refractivity contribution is 6.30. The Kier molecular flexibility index (Phi) is 8.37. The number of aliphatic hydroxyl groups is 2. The van der Waals surface area contributed by atoms with Crippen molar-refractivity contribution in [1.82, 2.24) is 5.32 Å². The van der Waals surface area contributed by atoms with Crippen molar-refractivity contribution in [2.75, 3.05) is 13.2 Å². The summed E-state index contributed by atoms with van der Waals surface area (Å²) in [6.45, 7) is 0.285. The van der Waals surface area contributed by atoms with Crippen molar-refractivity contribution in [3.05, 3.63) is 64.7 Å². The lowest BCUT2D eigenvalue weighted by molar-refractivity contribution is 0.158. The molecule has 2 atom stereocenters. The van der Waals surface area contributed by atoms with Crippen LogP contribution in [-0.2, 0) is 6.42 Å². The predicted molar refractivity (Wildman–Crippen MR) is 94.3 cm³/mol. The maximum absolute atomic E-state index is 10.2. The third-order valence-corrected chi connectivity index (χ3v) is 3.71. The van der Waals surface area contributed by atoms with Gasteiger partial charge in [0, 0.05) is 17.6 Å². The van der Waals surface area contributed by atoms with E-state index in [4.69, 9.17) is 11.6 Å². The van der Waals surface area contributed by atoms with E-state index in [9.17, 15) is 15.3 Å². The van der Waals surface area contributed by atoms with Crippen molar-refractivity contribution in [3.8, 4) is 5.75 Å². The second-order valence-electron chi connectivity index (χ2n) is 5.23. The smallest absolute Gasteiger partial charge is 0.115 e.